The molecular weight excluding hydrogens is 338 g/mol. The molecule has 1 aliphatic heterocycles. The van der Waals surface area contributed by atoms with Crippen molar-refractivity contribution in [3.8, 4) is 5.75 Å². The molecule has 1 unspecified atom stereocenters. The van der Waals surface area contributed by atoms with E-state index in [0.717, 1.165) is 15.7 Å². The fourth-order valence-electron chi connectivity index (χ4n) is 2.61. The zero-order chi connectivity index (χ0) is 15.6. The minimum absolute atomic E-state index is 0.215. The fourth-order valence-corrected chi connectivity index (χ4v) is 3.16. The lowest BCUT2D eigenvalue weighted by atomic mass is 10.0. The van der Waals surface area contributed by atoms with Gasteiger partial charge in [0.15, 0.2) is 0 Å². The maximum atomic E-state index is 12.6. The molecule has 1 amide bonds. The standard InChI is InChI=1S/C15H18BrNO4/c1-4-17-12-8-13(20-2)11(16)7-9(12)5-6-10(14(17)18)15(19)21-3/h7-8,10H,4-6H2,1-3H3. The molecule has 0 radical (unpaired) electrons. The van der Waals surface area contributed by atoms with E-state index in [2.05, 4.69) is 15.9 Å². The number of amides is 1. The van der Waals surface area contributed by atoms with Crippen LogP contribution in [-0.4, -0.2) is 32.6 Å². The third-order valence-corrected chi connectivity index (χ3v) is 4.33. The largest absolute Gasteiger partial charge is 0.495 e. The van der Waals surface area contributed by atoms with Crippen molar-refractivity contribution in [2.24, 2.45) is 5.92 Å². The molecule has 5 nitrogen and oxygen atoms in total. The molecule has 1 heterocycles. The average Bonchev–Trinajstić information content (AvgIpc) is 2.61. The van der Waals surface area contributed by atoms with E-state index in [0.29, 0.717) is 25.1 Å². The van der Waals surface area contributed by atoms with E-state index in [9.17, 15) is 9.59 Å². The molecule has 0 aliphatic carbocycles. The number of ether oxygens (including phenoxy) is 2. The molecule has 1 atom stereocenters. The number of hydrogen-bond donors (Lipinski definition) is 0. The van der Waals surface area contributed by atoms with Crippen molar-refractivity contribution in [2.45, 2.75) is 19.8 Å². The highest BCUT2D eigenvalue weighted by Crippen LogP contribution is 2.37. The minimum Gasteiger partial charge on any atom is -0.495 e. The number of hydrogen-bond acceptors (Lipinski definition) is 4. The molecule has 1 aromatic carbocycles. The maximum Gasteiger partial charge on any atom is 0.318 e. The van der Waals surface area contributed by atoms with Crippen LogP contribution >= 0.6 is 15.9 Å². The Kier molecular flexibility index (Phi) is 4.88. The summed E-state index contributed by atoms with van der Waals surface area (Å²) in [6, 6.07) is 3.78. The second kappa shape index (κ2) is 6.47. The zero-order valence-electron chi connectivity index (χ0n) is 12.3. The number of benzene rings is 1. The maximum absolute atomic E-state index is 12.6. The molecule has 1 aliphatic rings. The Morgan fingerprint density at radius 2 is 2.14 bits per heavy atom. The summed E-state index contributed by atoms with van der Waals surface area (Å²) in [5.74, 6) is -0.770. The van der Waals surface area contributed by atoms with E-state index in [1.54, 1.807) is 12.0 Å². The number of fused-ring (bicyclic) bond motifs is 1. The normalized spacial score (nSPS) is 18.0. The summed E-state index contributed by atoms with van der Waals surface area (Å²) in [4.78, 5) is 26.0. The van der Waals surface area contributed by atoms with Crippen molar-refractivity contribution in [1.29, 1.82) is 0 Å². The third-order valence-electron chi connectivity index (χ3n) is 3.71. The second-order valence-corrected chi connectivity index (χ2v) is 5.67. The van der Waals surface area contributed by atoms with Crippen LogP contribution in [0.1, 0.15) is 18.9 Å². The molecule has 0 fully saturated rings. The number of esters is 1. The van der Waals surface area contributed by atoms with E-state index >= 15 is 0 Å². The predicted molar refractivity (Wildman–Crippen MR) is 82.5 cm³/mol. The number of anilines is 1. The van der Waals surface area contributed by atoms with E-state index < -0.39 is 11.9 Å². The SMILES string of the molecule is CCN1C(=O)C(C(=O)OC)CCc2cc(Br)c(OC)cc21. The molecule has 0 saturated carbocycles. The highest BCUT2D eigenvalue weighted by atomic mass is 79.9. The van der Waals surface area contributed by atoms with Gasteiger partial charge in [0.2, 0.25) is 5.91 Å². The first-order valence-electron chi connectivity index (χ1n) is 6.79. The summed E-state index contributed by atoms with van der Waals surface area (Å²) in [5.41, 5.74) is 1.82. The first kappa shape index (κ1) is 15.8. The number of rotatable bonds is 3. The van der Waals surface area contributed by atoms with Crippen molar-refractivity contribution in [2.75, 3.05) is 25.7 Å². The Morgan fingerprint density at radius 1 is 1.43 bits per heavy atom. The van der Waals surface area contributed by atoms with Crippen molar-refractivity contribution < 1.29 is 19.1 Å². The molecule has 0 aromatic heterocycles. The highest BCUT2D eigenvalue weighted by Gasteiger charge is 2.35. The molecule has 21 heavy (non-hydrogen) atoms. The average molecular weight is 356 g/mol. The molecule has 2 rings (SSSR count). The molecule has 114 valence electrons. The van der Waals surface area contributed by atoms with Crippen molar-refractivity contribution in [1.82, 2.24) is 0 Å². The Hall–Kier alpha value is -1.56. The summed E-state index contributed by atoms with van der Waals surface area (Å²) in [6.45, 7) is 2.37. The van der Waals surface area contributed by atoms with Crippen LogP contribution in [0.15, 0.2) is 16.6 Å². The lowest BCUT2D eigenvalue weighted by Crippen LogP contribution is -2.39. The molecular formula is C15H18BrNO4. The Balaban J connectivity index is 2.49. The number of methoxy groups -OCH3 is 2. The lowest BCUT2D eigenvalue weighted by molar-refractivity contribution is -0.149. The molecule has 0 saturated heterocycles. The van der Waals surface area contributed by atoms with Crippen LogP contribution in [0, 0.1) is 5.92 Å². The lowest BCUT2D eigenvalue weighted by Gasteiger charge is -2.24. The van der Waals surface area contributed by atoms with Gasteiger partial charge in [-0.15, -0.1) is 0 Å². The van der Waals surface area contributed by atoms with Gasteiger partial charge < -0.3 is 14.4 Å². The summed E-state index contributed by atoms with van der Waals surface area (Å²) >= 11 is 3.46. The van der Waals surface area contributed by atoms with E-state index in [1.807, 2.05) is 19.1 Å². The fraction of sp³-hybridized carbons (Fsp3) is 0.467. The van der Waals surface area contributed by atoms with Gasteiger partial charge in [0.1, 0.15) is 11.7 Å². The van der Waals surface area contributed by atoms with Crippen LogP contribution in [0.4, 0.5) is 5.69 Å². The van der Waals surface area contributed by atoms with Gasteiger partial charge in [-0.3, -0.25) is 9.59 Å². The van der Waals surface area contributed by atoms with Gasteiger partial charge >= 0.3 is 5.97 Å². The number of nitrogens with zero attached hydrogens (tertiary/aromatic N) is 1. The highest BCUT2D eigenvalue weighted by molar-refractivity contribution is 9.10. The van der Waals surface area contributed by atoms with Gasteiger partial charge in [-0.1, -0.05) is 0 Å². The topological polar surface area (TPSA) is 55.8 Å². The van der Waals surface area contributed by atoms with Gasteiger partial charge in [-0.05, 0) is 47.3 Å². The van der Waals surface area contributed by atoms with E-state index in [1.165, 1.54) is 7.11 Å². The first-order chi connectivity index (χ1) is 10.0. The quantitative estimate of drug-likeness (QED) is 0.617. The molecule has 1 aromatic rings. The second-order valence-electron chi connectivity index (χ2n) is 4.81. The number of aryl methyl sites for hydroxylation is 1. The van der Waals surface area contributed by atoms with Gasteiger partial charge in [0.05, 0.1) is 24.4 Å². The first-order valence-corrected chi connectivity index (χ1v) is 7.58. The van der Waals surface area contributed by atoms with Crippen molar-refractivity contribution >= 4 is 33.5 Å². The molecule has 6 heteroatoms. The van der Waals surface area contributed by atoms with Crippen molar-refractivity contribution in [3.05, 3.63) is 22.2 Å². The van der Waals surface area contributed by atoms with Crippen molar-refractivity contribution in [3.63, 3.8) is 0 Å². The summed E-state index contributed by atoms with van der Waals surface area (Å²) in [5, 5.41) is 0. The van der Waals surface area contributed by atoms with Crippen LogP contribution < -0.4 is 9.64 Å². The van der Waals surface area contributed by atoms with Gasteiger partial charge in [0.25, 0.3) is 0 Å². The minimum atomic E-state index is -0.743. The smallest absolute Gasteiger partial charge is 0.318 e. The number of carbonyl (C=O) groups is 2. The summed E-state index contributed by atoms with van der Waals surface area (Å²) < 4.78 is 10.9. The molecule has 0 spiro atoms. The number of halogens is 1. The van der Waals surface area contributed by atoms with Gasteiger partial charge in [-0.25, -0.2) is 0 Å². The van der Waals surface area contributed by atoms with Crippen LogP contribution in [0.5, 0.6) is 5.75 Å². The summed E-state index contributed by atoms with van der Waals surface area (Å²) in [7, 11) is 2.89. The summed E-state index contributed by atoms with van der Waals surface area (Å²) in [6.07, 6.45) is 1.09. The Morgan fingerprint density at radius 3 is 2.71 bits per heavy atom. The van der Waals surface area contributed by atoms with Gasteiger partial charge in [0, 0.05) is 12.6 Å². The van der Waals surface area contributed by atoms with Crippen LogP contribution in [0.2, 0.25) is 0 Å². The third kappa shape index (κ3) is 2.90. The Labute approximate surface area is 132 Å². The van der Waals surface area contributed by atoms with Crippen LogP contribution in [-0.2, 0) is 20.7 Å². The molecule has 0 bridgehead atoms. The monoisotopic (exact) mass is 355 g/mol. The zero-order valence-corrected chi connectivity index (χ0v) is 13.9. The number of carbonyl (C=O) groups excluding carboxylic acids is 2. The Bertz CT molecular complexity index is 573. The van der Waals surface area contributed by atoms with Crippen LogP contribution in [0.25, 0.3) is 0 Å². The molecule has 0 N–H and O–H groups in total. The predicted octanol–water partition coefficient (Wildman–Crippen LogP) is 2.55. The van der Waals surface area contributed by atoms with E-state index in [4.69, 9.17) is 9.47 Å². The van der Waals surface area contributed by atoms with Crippen LogP contribution in [0.3, 0.4) is 0 Å². The van der Waals surface area contributed by atoms with E-state index in [-0.39, 0.29) is 5.91 Å². The van der Waals surface area contributed by atoms with Gasteiger partial charge in [-0.2, -0.15) is 0 Å².